The quantitative estimate of drug-likeness (QED) is 0.776. The van der Waals surface area contributed by atoms with Crippen molar-refractivity contribution >= 4 is 58.9 Å². The smallest absolute Gasteiger partial charge is 0.263 e. The van der Waals surface area contributed by atoms with Gasteiger partial charge in [-0.15, -0.1) is 11.3 Å². The molecule has 1 aromatic heterocycles. The van der Waals surface area contributed by atoms with Crippen molar-refractivity contribution in [3.05, 3.63) is 43.0 Å². The third-order valence-corrected chi connectivity index (χ3v) is 6.60. The van der Waals surface area contributed by atoms with Crippen LogP contribution in [0.4, 0.5) is 5.69 Å². The fourth-order valence-corrected chi connectivity index (χ4v) is 5.41. The zero-order valence-corrected chi connectivity index (χ0v) is 15.0. The predicted molar refractivity (Wildman–Crippen MR) is 86.4 cm³/mol. The Balaban J connectivity index is 2.36. The van der Waals surface area contributed by atoms with Gasteiger partial charge in [0.25, 0.3) is 10.0 Å². The van der Waals surface area contributed by atoms with Crippen molar-refractivity contribution in [3.63, 3.8) is 0 Å². The minimum Gasteiger partial charge on any atom is -0.280 e. The van der Waals surface area contributed by atoms with Gasteiger partial charge in [0.1, 0.15) is 4.90 Å². The summed E-state index contributed by atoms with van der Waals surface area (Å²) in [5, 5.41) is 0. The van der Waals surface area contributed by atoms with E-state index in [2.05, 4.69) is 36.6 Å². The highest BCUT2D eigenvalue weighted by molar-refractivity contribution is 9.11. The molecule has 1 N–H and O–H groups in total. The summed E-state index contributed by atoms with van der Waals surface area (Å²) in [7, 11) is -3.54. The zero-order valence-electron chi connectivity index (χ0n) is 10.2. The van der Waals surface area contributed by atoms with Gasteiger partial charge in [0.05, 0.1) is 3.79 Å². The first-order chi connectivity index (χ1) is 8.79. The molecule has 0 aliphatic rings. The minimum atomic E-state index is -3.54. The summed E-state index contributed by atoms with van der Waals surface area (Å²) < 4.78 is 28.8. The molecule has 0 radical (unpaired) electrons. The second kappa shape index (κ2) is 5.55. The maximum atomic E-state index is 12.3. The second-order valence-corrected chi connectivity index (χ2v) is 9.18. The van der Waals surface area contributed by atoms with Gasteiger partial charge in [-0.3, -0.25) is 4.72 Å². The van der Waals surface area contributed by atoms with Gasteiger partial charge in [0.2, 0.25) is 0 Å². The monoisotopic (exact) mass is 423 g/mol. The Labute approximate surface area is 133 Å². The Morgan fingerprint density at radius 3 is 2.37 bits per heavy atom. The summed E-state index contributed by atoms with van der Waals surface area (Å²) in [6.07, 6.45) is 0. The third-order valence-electron chi connectivity index (χ3n) is 2.56. The molecular weight excluding hydrogens is 414 g/mol. The van der Waals surface area contributed by atoms with E-state index >= 15 is 0 Å². The van der Waals surface area contributed by atoms with Gasteiger partial charge in [0, 0.05) is 15.0 Å². The van der Waals surface area contributed by atoms with E-state index in [-0.39, 0.29) is 0 Å². The molecule has 0 unspecified atom stereocenters. The molecule has 0 atom stereocenters. The van der Waals surface area contributed by atoms with E-state index < -0.39 is 10.0 Å². The van der Waals surface area contributed by atoms with Crippen molar-refractivity contribution in [2.24, 2.45) is 0 Å². The van der Waals surface area contributed by atoms with E-state index in [1.165, 1.54) is 11.3 Å². The standard InChI is InChI=1S/C12H11Br2NO2S2/c1-7-3-4-9(5-10(7)13)15-19(16,17)11-6-12(14)18-8(11)2/h3-6,15H,1-2H3. The van der Waals surface area contributed by atoms with Crippen LogP contribution in [0, 0.1) is 13.8 Å². The molecule has 2 rings (SSSR count). The molecule has 1 aromatic carbocycles. The molecule has 0 saturated heterocycles. The second-order valence-electron chi connectivity index (χ2n) is 4.04. The lowest BCUT2D eigenvalue weighted by Gasteiger charge is -2.08. The first kappa shape index (κ1) is 15.0. The SMILES string of the molecule is Cc1ccc(NS(=O)(=O)c2cc(Br)sc2C)cc1Br. The lowest BCUT2D eigenvalue weighted by Crippen LogP contribution is -2.13. The van der Waals surface area contributed by atoms with E-state index in [1.54, 1.807) is 25.1 Å². The molecule has 3 nitrogen and oxygen atoms in total. The predicted octanol–water partition coefficient (Wildman–Crippen LogP) is 4.69. The van der Waals surface area contributed by atoms with Gasteiger partial charge < -0.3 is 0 Å². The number of hydrogen-bond acceptors (Lipinski definition) is 3. The van der Waals surface area contributed by atoms with Crippen LogP contribution in [-0.2, 0) is 10.0 Å². The van der Waals surface area contributed by atoms with Gasteiger partial charge in [0.15, 0.2) is 0 Å². The molecular formula is C12H11Br2NO2S2. The molecule has 19 heavy (non-hydrogen) atoms. The number of nitrogens with one attached hydrogen (secondary N) is 1. The molecule has 0 aliphatic heterocycles. The van der Waals surface area contributed by atoms with Gasteiger partial charge in [-0.1, -0.05) is 22.0 Å². The van der Waals surface area contributed by atoms with Gasteiger partial charge >= 0.3 is 0 Å². The van der Waals surface area contributed by atoms with Crippen LogP contribution in [-0.4, -0.2) is 8.42 Å². The van der Waals surface area contributed by atoms with Gasteiger partial charge in [-0.2, -0.15) is 0 Å². The summed E-state index contributed by atoms with van der Waals surface area (Å²) in [4.78, 5) is 1.06. The summed E-state index contributed by atoms with van der Waals surface area (Å²) in [6, 6.07) is 6.97. The first-order valence-electron chi connectivity index (χ1n) is 5.34. The van der Waals surface area contributed by atoms with Crippen molar-refractivity contribution in [2.45, 2.75) is 18.7 Å². The molecule has 102 valence electrons. The molecule has 0 fully saturated rings. The highest BCUT2D eigenvalue weighted by Crippen LogP contribution is 2.31. The first-order valence-corrected chi connectivity index (χ1v) is 9.23. The summed E-state index contributed by atoms with van der Waals surface area (Å²) in [6.45, 7) is 3.73. The lowest BCUT2D eigenvalue weighted by atomic mass is 10.2. The van der Waals surface area contributed by atoms with E-state index in [0.717, 1.165) is 18.7 Å². The molecule has 1 heterocycles. The number of benzene rings is 1. The Morgan fingerprint density at radius 1 is 1.16 bits per heavy atom. The normalized spacial score (nSPS) is 11.6. The summed E-state index contributed by atoms with van der Waals surface area (Å²) in [5.41, 5.74) is 1.59. The third kappa shape index (κ3) is 3.39. The topological polar surface area (TPSA) is 46.2 Å². The number of rotatable bonds is 3. The highest BCUT2D eigenvalue weighted by atomic mass is 79.9. The Kier molecular flexibility index (Phi) is 4.39. The minimum absolute atomic E-state index is 0.307. The van der Waals surface area contributed by atoms with E-state index in [4.69, 9.17) is 0 Å². The lowest BCUT2D eigenvalue weighted by molar-refractivity contribution is 0.601. The van der Waals surface area contributed by atoms with E-state index in [1.807, 2.05) is 13.0 Å². The molecule has 0 aliphatic carbocycles. The number of hydrogen-bond donors (Lipinski definition) is 1. The van der Waals surface area contributed by atoms with Crippen molar-refractivity contribution < 1.29 is 8.42 Å². The average Bonchev–Trinajstić information content (AvgIpc) is 2.63. The fraction of sp³-hybridized carbons (Fsp3) is 0.167. The number of aryl methyl sites for hydroxylation is 2. The zero-order chi connectivity index (χ0) is 14.2. The van der Waals surface area contributed by atoms with Crippen molar-refractivity contribution in [2.75, 3.05) is 4.72 Å². The molecule has 0 spiro atoms. The maximum absolute atomic E-state index is 12.3. The van der Waals surface area contributed by atoms with Crippen LogP contribution in [0.1, 0.15) is 10.4 Å². The van der Waals surface area contributed by atoms with Crippen LogP contribution in [0.15, 0.2) is 37.4 Å². The van der Waals surface area contributed by atoms with Crippen LogP contribution < -0.4 is 4.72 Å². The molecule has 0 bridgehead atoms. The van der Waals surface area contributed by atoms with Crippen molar-refractivity contribution in [1.82, 2.24) is 0 Å². The fourth-order valence-electron chi connectivity index (χ4n) is 1.56. The van der Waals surface area contributed by atoms with Gasteiger partial charge in [-0.25, -0.2) is 8.42 Å². The van der Waals surface area contributed by atoms with Crippen LogP contribution in [0.3, 0.4) is 0 Å². The van der Waals surface area contributed by atoms with Gasteiger partial charge in [-0.05, 0) is 53.5 Å². The molecule has 0 amide bonds. The van der Waals surface area contributed by atoms with E-state index in [9.17, 15) is 8.42 Å². The summed E-state index contributed by atoms with van der Waals surface area (Å²) >= 11 is 8.09. The molecule has 7 heteroatoms. The molecule has 2 aromatic rings. The average molecular weight is 425 g/mol. The Bertz CT molecular complexity index is 723. The van der Waals surface area contributed by atoms with Crippen molar-refractivity contribution in [3.8, 4) is 0 Å². The Morgan fingerprint density at radius 2 is 1.84 bits per heavy atom. The number of thiophene rings is 1. The van der Waals surface area contributed by atoms with Crippen molar-refractivity contribution in [1.29, 1.82) is 0 Å². The Hall–Kier alpha value is -0.370. The summed E-state index contributed by atoms with van der Waals surface area (Å²) in [5.74, 6) is 0. The largest absolute Gasteiger partial charge is 0.280 e. The molecule has 0 saturated carbocycles. The number of halogens is 2. The maximum Gasteiger partial charge on any atom is 0.263 e. The van der Waals surface area contributed by atoms with Crippen LogP contribution in [0.25, 0.3) is 0 Å². The van der Waals surface area contributed by atoms with Crippen LogP contribution in [0.5, 0.6) is 0 Å². The van der Waals surface area contributed by atoms with Crippen LogP contribution >= 0.6 is 43.2 Å². The van der Waals surface area contributed by atoms with E-state index in [0.29, 0.717) is 10.6 Å². The number of sulfonamides is 1. The number of anilines is 1. The highest BCUT2D eigenvalue weighted by Gasteiger charge is 2.19. The van der Waals surface area contributed by atoms with Crippen LogP contribution in [0.2, 0.25) is 0 Å².